The molecule has 4 rings (SSSR count). The molecule has 130 valence electrons. The molecule has 0 amide bonds. The number of aromatic nitrogens is 5. The Labute approximate surface area is 146 Å². The highest BCUT2D eigenvalue weighted by Gasteiger charge is 2.21. The van der Waals surface area contributed by atoms with Crippen LogP contribution in [0.15, 0.2) is 30.7 Å². The Morgan fingerprint density at radius 1 is 1.28 bits per heavy atom. The molecule has 0 atom stereocenters. The van der Waals surface area contributed by atoms with Crippen LogP contribution in [0.4, 0.5) is 0 Å². The lowest BCUT2D eigenvalue weighted by Crippen LogP contribution is -2.06. The van der Waals surface area contributed by atoms with E-state index in [1.54, 1.807) is 6.33 Å². The first-order valence-corrected chi connectivity index (χ1v) is 8.54. The fraction of sp³-hybridized carbons (Fsp3) is 0.389. The second-order valence-corrected chi connectivity index (χ2v) is 6.20. The van der Waals surface area contributed by atoms with Crippen molar-refractivity contribution in [3.63, 3.8) is 0 Å². The first kappa shape index (κ1) is 15.7. The number of fused-ring (bicyclic) bond motifs is 3. The molecule has 0 radical (unpaired) electrons. The minimum atomic E-state index is 0.225. The fourth-order valence-electron chi connectivity index (χ4n) is 3.04. The van der Waals surface area contributed by atoms with Gasteiger partial charge in [0.25, 0.3) is 0 Å². The zero-order valence-electron chi connectivity index (χ0n) is 14.6. The van der Waals surface area contributed by atoms with Crippen LogP contribution in [0.2, 0.25) is 0 Å². The van der Waals surface area contributed by atoms with Crippen LogP contribution in [0.5, 0.6) is 11.5 Å². The molecule has 1 aliphatic heterocycles. The van der Waals surface area contributed by atoms with Gasteiger partial charge in [-0.1, -0.05) is 0 Å². The number of imidazole rings is 1. The molecular formula is C18H21N5O2. The Balaban J connectivity index is 1.79. The van der Waals surface area contributed by atoms with Gasteiger partial charge >= 0.3 is 0 Å². The molecule has 3 aromatic rings. The Hall–Kier alpha value is -2.83. The molecule has 1 aromatic carbocycles. The van der Waals surface area contributed by atoms with Gasteiger partial charge in [-0.15, -0.1) is 0 Å². The molecule has 0 spiro atoms. The second-order valence-electron chi connectivity index (χ2n) is 6.20. The maximum atomic E-state index is 5.89. The second kappa shape index (κ2) is 6.23. The van der Waals surface area contributed by atoms with Crippen LogP contribution in [0.3, 0.4) is 0 Å². The van der Waals surface area contributed by atoms with E-state index >= 15 is 0 Å². The van der Waals surface area contributed by atoms with Gasteiger partial charge in [0, 0.05) is 18.3 Å². The summed E-state index contributed by atoms with van der Waals surface area (Å²) in [6.07, 6.45) is 3.60. The molecule has 0 fully saturated rings. The highest BCUT2D eigenvalue weighted by molar-refractivity contribution is 5.69. The zero-order chi connectivity index (χ0) is 17.4. The smallest absolute Gasteiger partial charge is 0.178 e. The van der Waals surface area contributed by atoms with E-state index in [1.165, 1.54) is 0 Å². The van der Waals surface area contributed by atoms with Gasteiger partial charge in [-0.25, -0.2) is 14.6 Å². The van der Waals surface area contributed by atoms with Gasteiger partial charge in [-0.3, -0.25) is 0 Å². The van der Waals surface area contributed by atoms with Gasteiger partial charge in [0.15, 0.2) is 5.82 Å². The average molecular weight is 339 g/mol. The lowest BCUT2D eigenvalue weighted by Gasteiger charge is -2.09. The number of ether oxygens (including phenoxy) is 2. The van der Waals surface area contributed by atoms with Crippen molar-refractivity contribution in [1.82, 2.24) is 24.3 Å². The zero-order valence-corrected chi connectivity index (χ0v) is 14.6. The van der Waals surface area contributed by atoms with Crippen molar-refractivity contribution in [3.05, 3.63) is 30.7 Å². The Morgan fingerprint density at radius 3 is 2.96 bits per heavy atom. The molecule has 7 heteroatoms. The molecule has 0 N–H and O–H groups in total. The van der Waals surface area contributed by atoms with Crippen LogP contribution in [0.25, 0.3) is 22.9 Å². The van der Waals surface area contributed by atoms with Crippen molar-refractivity contribution in [2.75, 3.05) is 13.2 Å². The number of hydrogen-bond acceptors (Lipinski definition) is 5. The van der Waals surface area contributed by atoms with E-state index in [1.807, 2.05) is 36.0 Å². The first-order valence-electron chi connectivity index (χ1n) is 8.54. The lowest BCUT2D eigenvalue weighted by molar-refractivity contribution is 0.301. The third-order valence-electron chi connectivity index (χ3n) is 4.16. The summed E-state index contributed by atoms with van der Waals surface area (Å²) in [5, 5.41) is 4.31. The number of nitrogens with zero attached hydrogens (tertiary/aromatic N) is 5. The molecule has 0 saturated heterocycles. The quantitative estimate of drug-likeness (QED) is 0.730. The molecule has 3 heterocycles. The van der Waals surface area contributed by atoms with Crippen LogP contribution >= 0.6 is 0 Å². The molecule has 2 aromatic heterocycles. The van der Waals surface area contributed by atoms with Crippen LogP contribution in [-0.4, -0.2) is 37.5 Å². The average Bonchev–Trinajstić information content (AvgIpc) is 3.19. The van der Waals surface area contributed by atoms with E-state index < -0.39 is 0 Å². The lowest BCUT2D eigenvalue weighted by atomic mass is 10.2. The van der Waals surface area contributed by atoms with Crippen molar-refractivity contribution < 1.29 is 9.47 Å². The Bertz CT molecular complexity index is 897. The summed E-state index contributed by atoms with van der Waals surface area (Å²) in [6.45, 7) is 8.08. The standard InChI is InChI=1S/C18H21N5O2/c1-4-24-13-5-6-14-16(9-13)25-8-7-22-10-15(21-17(14)22)18-19-11-20-23(18)12(2)3/h5-6,9-12H,4,7-8H2,1-3H3. The summed E-state index contributed by atoms with van der Waals surface area (Å²) in [6, 6.07) is 6.11. The molecule has 25 heavy (non-hydrogen) atoms. The summed E-state index contributed by atoms with van der Waals surface area (Å²) in [5.41, 5.74) is 1.78. The number of hydrogen-bond donors (Lipinski definition) is 0. The van der Waals surface area contributed by atoms with E-state index in [0.29, 0.717) is 13.2 Å². The van der Waals surface area contributed by atoms with Gasteiger partial charge < -0.3 is 14.0 Å². The Morgan fingerprint density at radius 2 is 2.16 bits per heavy atom. The van der Waals surface area contributed by atoms with Gasteiger partial charge in [-0.2, -0.15) is 5.10 Å². The third-order valence-corrected chi connectivity index (χ3v) is 4.16. The van der Waals surface area contributed by atoms with E-state index in [2.05, 4.69) is 28.5 Å². The van der Waals surface area contributed by atoms with Crippen molar-refractivity contribution in [2.45, 2.75) is 33.4 Å². The third kappa shape index (κ3) is 2.75. The molecule has 1 aliphatic rings. The van der Waals surface area contributed by atoms with Crippen molar-refractivity contribution in [1.29, 1.82) is 0 Å². The minimum absolute atomic E-state index is 0.225. The summed E-state index contributed by atoms with van der Waals surface area (Å²) in [7, 11) is 0. The predicted molar refractivity (Wildman–Crippen MR) is 93.7 cm³/mol. The van der Waals surface area contributed by atoms with Crippen LogP contribution < -0.4 is 9.47 Å². The largest absolute Gasteiger partial charge is 0.494 e. The molecule has 0 saturated carbocycles. The molecular weight excluding hydrogens is 318 g/mol. The minimum Gasteiger partial charge on any atom is -0.494 e. The van der Waals surface area contributed by atoms with Crippen molar-refractivity contribution in [3.8, 4) is 34.4 Å². The normalized spacial score (nSPS) is 13.1. The van der Waals surface area contributed by atoms with E-state index in [-0.39, 0.29) is 6.04 Å². The number of benzene rings is 1. The van der Waals surface area contributed by atoms with Gasteiger partial charge in [-0.05, 0) is 32.9 Å². The first-order chi connectivity index (χ1) is 12.2. The maximum absolute atomic E-state index is 5.89. The highest BCUT2D eigenvalue weighted by atomic mass is 16.5. The molecule has 0 bridgehead atoms. The Kier molecular flexibility index (Phi) is 3.91. The van der Waals surface area contributed by atoms with Gasteiger partial charge in [0.2, 0.25) is 0 Å². The van der Waals surface area contributed by atoms with Gasteiger partial charge in [0.1, 0.15) is 36.0 Å². The topological polar surface area (TPSA) is 67.0 Å². The molecule has 0 aliphatic carbocycles. The van der Waals surface area contributed by atoms with E-state index in [0.717, 1.165) is 40.9 Å². The van der Waals surface area contributed by atoms with Crippen LogP contribution in [-0.2, 0) is 6.54 Å². The summed E-state index contributed by atoms with van der Waals surface area (Å²) >= 11 is 0. The SMILES string of the molecule is CCOc1ccc2c(c1)OCCn1cc(-c3ncnn3C(C)C)nc1-2. The van der Waals surface area contributed by atoms with Crippen LogP contribution in [0, 0.1) is 0 Å². The monoisotopic (exact) mass is 339 g/mol. The van der Waals surface area contributed by atoms with Gasteiger partial charge in [0.05, 0.1) is 18.7 Å². The van der Waals surface area contributed by atoms with E-state index in [4.69, 9.17) is 14.5 Å². The number of rotatable bonds is 4. The molecule has 0 unspecified atom stereocenters. The molecule has 7 nitrogen and oxygen atoms in total. The predicted octanol–water partition coefficient (Wildman–Crippen LogP) is 3.18. The van der Waals surface area contributed by atoms with Crippen molar-refractivity contribution >= 4 is 0 Å². The van der Waals surface area contributed by atoms with Crippen LogP contribution in [0.1, 0.15) is 26.8 Å². The summed E-state index contributed by atoms with van der Waals surface area (Å²) < 4.78 is 15.5. The summed E-state index contributed by atoms with van der Waals surface area (Å²) in [5.74, 6) is 3.26. The fourth-order valence-corrected chi connectivity index (χ4v) is 3.04. The van der Waals surface area contributed by atoms with E-state index in [9.17, 15) is 0 Å². The highest BCUT2D eigenvalue weighted by Crippen LogP contribution is 2.36. The maximum Gasteiger partial charge on any atom is 0.178 e. The van der Waals surface area contributed by atoms with Crippen molar-refractivity contribution in [2.24, 2.45) is 0 Å². The summed E-state index contributed by atoms with van der Waals surface area (Å²) in [4.78, 5) is 9.23.